The summed E-state index contributed by atoms with van der Waals surface area (Å²) in [4.78, 5) is 16.3. The predicted molar refractivity (Wildman–Crippen MR) is 88.5 cm³/mol. The summed E-state index contributed by atoms with van der Waals surface area (Å²) in [6.45, 7) is 3.23. The average molecular weight is 321 g/mol. The van der Waals surface area contributed by atoms with Crippen LogP contribution in [-0.4, -0.2) is 51.8 Å². The zero-order valence-electron chi connectivity index (χ0n) is 13.6. The minimum atomic E-state index is -0.274. The van der Waals surface area contributed by atoms with Crippen LogP contribution < -0.4 is 15.1 Å². The molecule has 1 N–H and O–H groups in total. The number of anilines is 2. The first kappa shape index (κ1) is 16.1. The van der Waals surface area contributed by atoms with E-state index in [-0.39, 0.29) is 24.4 Å². The number of amides is 1. The summed E-state index contributed by atoms with van der Waals surface area (Å²) in [6.07, 6.45) is 3.14. The van der Waals surface area contributed by atoms with Gasteiger partial charge in [-0.2, -0.15) is 0 Å². The first-order valence-corrected chi connectivity index (χ1v) is 8.27. The zero-order chi connectivity index (χ0) is 16.2. The van der Waals surface area contributed by atoms with Gasteiger partial charge < -0.3 is 19.9 Å². The lowest BCUT2D eigenvalue weighted by Gasteiger charge is -2.25. The molecule has 23 heavy (non-hydrogen) atoms. The zero-order valence-corrected chi connectivity index (χ0v) is 13.6. The normalized spacial score (nSPS) is 21.0. The quantitative estimate of drug-likeness (QED) is 0.918. The Balaban J connectivity index is 1.65. The Morgan fingerprint density at radius 2 is 2.22 bits per heavy atom. The van der Waals surface area contributed by atoms with Gasteiger partial charge in [0.05, 0.1) is 24.0 Å². The summed E-state index contributed by atoms with van der Waals surface area (Å²) in [5.74, 6) is -0.316. The molecule has 6 heteroatoms. The highest BCUT2D eigenvalue weighted by atomic mass is 19.1. The van der Waals surface area contributed by atoms with Crippen molar-refractivity contribution in [2.75, 3.05) is 49.6 Å². The van der Waals surface area contributed by atoms with Crippen molar-refractivity contribution in [2.24, 2.45) is 0 Å². The molecule has 2 aliphatic heterocycles. The number of carbonyl (C=O) groups is 1. The summed E-state index contributed by atoms with van der Waals surface area (Å²) in [5.41, 5.74) is 1.76. The van der Waals surface area contributed by atoms with E-state index in [1.807, 2.05) is 11.9 Å². The van der Waals surface area contributed by atoms with Crippen LogP contribution in [0.3, 0.4) is 0 Å². The van der Waals surface area contributed by atoms with Gasteiger partial charge in [0.15, 0.2) is 0 Å². The van der Waals surface area contributed by atoms with Gasteiger partial charge >= 0.3 is 0 Å². The third kappa shape index (κ3) is 3.93. The van der Waals surface area contributed by atoms with E-state index in [2.05, 4.69) is 10.2 Å². The average Bonchev–Trinajstić information content (AvgIpc) is 3.00. The Kier molecular flexibility index (Phi) is 5.00. The molecule has 0 spiro atoms. The highest BCUT2D eigenvalue weighted by molar-refractivity contribution is 5.84. The van der Waals surface area contributed by atoms with Crippen LogP contribution in [-0.2, 0) is 9.53 Å². The van der Waals surface area contributed by atoms with E-state index in [4.69, 9.17) is 4.74 Å². The van der Waals surface area contributed by atoms with Crippen LogP contribution in [0.15, 0.2) is 18.2 Å². The summed E-state index contributed by atoms with van der Waals surface area (Å²) < 4.78 is 19.2. The fourth-order valence-corrected chi connectivity index (χ4v) is 3.24. The minimum Gasteiger partial charge on any atom is -0.376 e. The maximum atomic E-state index is 13.7. The Bertz CT molecular complexity index is 561. The molecule has 1 atom stereocenters. The highest BCUT2D eigenvalue weighted by Gasteiger charge is 2.22. The van der Waals surface area contributed by atoms with Gasteiger partial charge in [-0.15, -0.1) is 0 Å². The van der Waals surface area contributed by atoms with Gasteiger partial charge in [-0.25, -0.2) is 4.39 Å². The van der Waals surface area contributed by atoms with E-state index in [1.165, 1.54) is 12.1 Å². The number of ether oxygens (including phenoxy) is 1. The fourth-order valence-electron chi connectivity index (χ4n) is 3.24. The number of hydrogen-bond donors (Lipinski definition) is 1. The lowest BCUT2D eigenvalue weighted by atomic mass is 10.2. The molecular weight excluding hydrogens is 297 g/mol. The fraction of sp³-hybridized carbons (Fsp3) is 0.588. The smallest absolute Gasteiger partial charge is 0.239 e. The second kappa shape index (κ2) is 7.17. The molecule has 2 heterocycles. The first-order valence-electron chi connectivity index (χ1n) is 8.27. The van der Waals surface area contributed by atoms with Crippen LogP contribution in [0, 0.1) is 5.82 Å². The number of benzene rings is 1. The number of fused-ring (bicyclic) bond motifs is 1. The van der Waals surface area contributed by atoms with Gasteiger partial charge in [-0.3, -0.25) is 4.79 Å². The molecule has 3 rings (SSSR count). The summed E-state index contributed by atoms with van der Waals surface area (Å²) in [7, 11) is 2.00. The van der Waals surface area contributed by atoms with Crippen LogP contribution in [0.2, 0.25) is 0 Å². The van der Waals surface area contributed by atoms with Crippen molar-refractivity contribution in [3.05, 3.63) is 24.0 Å². The van der Waals surface area contributed by atoms with Crippen molar-refractivity contribution < 1.29 is 13.9 Å². The van der Waals surface area contributed by atoms with E-state index >= 15 is 0 Å². The Labute approximate surface area is 136 Å². The second-order valence-electron chi connectivity index (χ2n) is 6.27. The minimum absolute atomic E-state index is 0.0414. The molecule has 0 aromatic heterocycles. The Hall–Kier alpha value is -1.82. The number of hydrogen-bond acceptors (Lipinski definition) is 4. The van der Waals surface area contributed by atoms with Crippen molar-refractivity contribution in [3.8, 4) is 0 Å². The standard InChI is InChI=1S/C17H24FN3O2/c1-20-7-3-8-21(16-10-13(18)5-6-15(16)20)12-17(22)19-11-14-4-2-9-23-14/h5-6,10,14H,2-4,7-9,11-12H2,1H3,(H,19,22). The van der Waals surface area contributed by atoms with E-state index in [1.54, 1.807) is 6.07 Å². The third-order valence-electron chi connectivity index (χ3n) is 4.50. The topological polar surface area (TPSA) is 44.8 Å². The lowest BCUT2D eigenvalue weighted by Crippen LogP contribution is -2.40. The van der Waals surface area contributed by atoms with E-state index < -0.39 is 0 Å². The third-order valence-corrected chi connectivity index (χ3v) is 4.50. The number of nitrogens with zero attached hydrogens (tertiary/aromatic N) is 2. The van der Waals surface area contributed by atoms with Crippen LogP contribution in [0.4, 0.5) is 15.8 Å². The molecule has 1 amide bonds. The number of carbonyl (C=O) groups excluding carboxylic acids is 1. The Morgan fingerprint density at radius 3 is 3.00 bits per heavy atom. The predicted octanol–water partition coefficient (Wildman–Crippen LogP) is 1.77. The molecule has 2 aliphatic rings. The molecule has 0 bridgehead atoms. The van der Waals surface area contributed by atoms with Gasteiger partial charge in [0.2, 0.25) is 5.91 Å². The molecule has 1 saturated heterocycles. The molecule has 0 aliphatic carbocycles. The van der Waals surface area contributed by atoms with Gasteiger partial charge in [0.1, 0.15) is 5.82 Å². The van der Waals surface area contributed by atoms with E-state index in [9.17, 15) is 9.18 Å². The SMILES string of the molecule is CN1CCCN(CC(=O)NCC2CCCO2)c2cc(F)ccc21. The molecular formula is C17H24FN3O2. The van der Waals surface area contributed by atoms with Gasteiger partial charge in [-0.05, 0) is 37.5 Å². The Morgan fingerprint density at radius 1 is 1.35 bits per heavy atom. The summed E-state index contributed by atoms with van der Waals surface area (Å²) in [6, 6.07) is 4.77. The van der Waals surface area contributed by atoms with E-state index in [0.717, 1.165) is 50.3 Å². The summed E-state index contributed by atoms with van der Waals surface area (Å²) in [5, 5.41) is 2.94. The maximum Gasteiger partial charge on any atom is 0.239 e. The monoisotopic (exact) mass is 321 g/mol. The molecule has 1 aromatic carbocycles. The molecule has 1 aromatic rings. The van der Waals surface area contributed by atoms with Crippen LogP contribution >= 0.6 is 0 Å². The van der Waals surface area contributed by atoms with Crippen LogP contribution in [0.5, 0.6) is 0 Å². The first-order chi connectivity index (χ1) is 11.1. The lowest BCUT2D eigenvalue weighted by molar-refractivity contribution is -0.120. The molecule has 1 unspecified atom stereocenters. The molecule has 126 valence electrons. The van der Waals surface area contributed by atoms with E-state index in [0.29, 0.717) is 6.54 Å². The molecule has 5 nitrogen and oxygen atoms in total. The van der Waals surface area contributed by atoms with Gasteiger partial charge in [-0.1, -0.05) is 0 Å². The maximum absolute atomic E-state index is 13.7. The summed E-state index contributed by atoms with van der Waals surface area (Å²) >= 11 is 0. The highest BCUT2D eigenvalue weighted by Crippen LogP contribution is 2.32. The van der Waals surface area contributed by atoms with Crippen molar-refractivity contribution >= 4 is 17.3 Å². The van der Waals surface area contributed by atoms with Crippen molar-refractivity contribution in [2.45, 2.75) is 25.4 Å². The van der Waals surface area contributed by atoms with Crippen molar-refractivity contribution in [1.82, 2.24) is 5.32 Å². The number of halogens is 1. The van der Waals surface area contributed by atoms with Crippen molar-refractivity contribution in [1.29, 1.82) is 0 Å². The van der Waals surface area contributed by atoms with Crippen LogP contribution in [0.25, 0.3) is 0 Å². The van der Waals surface area contributed by atoms with Crippen molar-refractivity contribution in [3.63, 3.8) is 0 Å². The van der Waals surface area contributed by atoms with Gasteiger partial charge in [0, 0.05) is 33.3 Å². The van der Waals surface area contributed by atoms with Crippen LogP contribution in [0.1, 0.15) is 19.3 Å². The molecule has 0 saturated carbocycles. The number of nitrogens with one attached hydrogen (secondary N) is 1. The molecule has 1 fully saturated rings. The van der Waals surface area contributed by atoms with Gasteiger partial charge in [0.25, 0.3) is 0 Å². The largest absolute Gasteiger partial charge is 0.376 e. The number of rotatable bonds is 4. The second-order valence-corrected chi connectivity index (χ2v) is 6.27. The molecule has 0 radical (unpaired) electrons.